The molecule has 8 nitrogen and oxygen atoms in total. The summed E-state index contributed by atoms with van der Waals surface area (Å²) in [5.74, 6) is 5.79. The molecule has 0 saturated carbocycles. The smallest absolute Gasteiger partial charge is 0.339 e. The van der Waals surface area contributed by atoms with Crippen LogP contribution in [0, 0.1) is 0 Å². The summed E-state index contributed by atoms with van der Waals surface area (Å²) < 4.78 is 21.1. The Labute approximate surface area is 190 Å². The number of rotatable bonds is 7. The third-order valence-corrected chi connectivity index (χ3v) is 5.09. The highest BCUT2D eigenvalue weighted by Crippen LogP contribution is 2.22. The Morgan fingerprint density at radius 2 is 1.18 bits per heavy atom. The number of aryl methyl sites for hydroxylation is 2. The Morgan fingerprint density at radius 1 is 0.758 bits per heavy atom. The van der Waals surface area contributed by atoms with E-state index in [1.54, 1.807) is 26.4 Å². The highest BCUT2D eigenvalue weighted by atomic mass is 16.6. The van der Waals surface area contributed by atoms with Gasteiger partial charge in [-0.25, -0.2) is 15.5 Å². The van der Waals surface area contributed by atoms with E-state index in [9.17, 15) is 9.59 Å². The molecule has 0 unspecified atom stereocenters. The van der Waals surface area contributed by atoms with E-state index in [0.717, 1.165) is 10.8 Å². The van der Waals surface area contributed by atoms with Gasteiger partial charge in [0.15, 0.2) is 0 Å². The lowest BCUT2D eigenvalue weighted by molar-refractivity contribution is 0.152. The molecule has 4 rings (SSSR count). The van der Waals surface area contributed by atoms with E-state index in [4.69, 9.17) is 18.3 Å². The zero-order chi connectivity index (χ0) is 23.8. The fraction of sp³-hybridized carbons (Fsp3) is 0.280. The van der Waals surface area contributed by atoms with Gasteiger partial charge in [-0.2, -0.15) is 0 Å². The molecule has 4 aromatic rings. The van der Waals surface area contributed by atoms with Crippen LogP contribution in [0.3, 0.4) is 0 Å². The van der Waals surface area contributed by atoms with Crippen LogP contribution in [0.25, 0.3) is 21.9 Å². The minimum absolute atomic E-state index is 0.372. The van der Waals surface area contributed by atoms with E-state index in [-0.39, 0.29) is 11.3 Å². The second-order valence-corrected chi connectivity index (χ2v) is 7.23. The first kappa shape index (κ1) is 24.0. The average Bonchev–Trinajstić information content (AvgIpc) is 2.84. The van der Waals surface area contributed by atoms with Crippen LogP contribution in [0.4, 0.5) is 0 Å². The third kappa shape index (κ3) is 6.00. The van der Waals surface area contributed by atoms with E-state index < -0.39 is 0 Å². The predicted molar refractivity (Wildman–Crippen MR) is 126 cm³/mol. The van der Waals surface area contributed by atoms with Gasteiger partial charge in [0.1, 0.15) is 22.7 Å². The molecule has 33 heavy (non-hydrogen) atoms. The van der Waals surface area contributed by atoms with Crippen molar-refractivity contribution in [2.45, 2.75) is 26.2 Å². The Hall–Kier alpha value is -3.62. The number of hydrogen-bond donors (Lipinski definition) is 1. The van der Waals surface area contributed by atoms with E-state index in [0.29, 0.717) is 59.7 Å². The van der Waals surface area contributed by atoms with Gasteiger partial charge in [0.25, 0.3) is 0 Å². The van der Waals surface area contributed by atoms with Gasteiger partial charge >= 0.3 is 11.3 Å². The highest BCUT2D eigenvalue weighted by Gasteiger charge is 2.10. The summed E-state index contributed by atoms with van der Waals surface area (Å²) in [5, 5.41) is 1.67. The van der Waals surface area contributed by atoms with Gasteiger partial charge in [0, 0.05) is 34.0 Å². The average molecular weight is 453 g/mol. The molecule has 2 heterocycles. The molecule has 0 aliphatic carbocycles. The van der Waals surface area contributed by atoms with Crippen LogP contribution < -0.4 is 26.6 Å². The molecule has 0 amide bonds. The van der Waals surface area contributed by atoms with Crippen molar-refractivity contribution < 1.29 is 23.1 Å². The van der Waals surface area contributed by atoms with Gasteiger partial charge in [0.2, 0.25) is 0 Å². The number of benzene rings is 2. The van der Waals surface area contributed by atoms with Crippen LogP contribution >= 0.6 is 0 Å². The fourth-order valence-corrected chi connectivity index (χ4v) is 3.34. The first-order chi connectivity index (χ1) is 16.0. The van der Waals surface area contributed by atoms with Crippen LogP contribution in [0.5, 0.6) is 11.5 Å². The topological polar surface area (TPSA) is 114 Å². The second-order valence-electron chi connectivity index (χ2n) is 7.23. The second kappa shape index (κ2) is 11.3. The maximum absolute atomic E-state index is 12.3. The number of fused-ring (bicyclic) bond motifs is 2. The van der Waals surface area contributed by atoms with Crippen LogP contribution in [-0.2, 0) is 17.7 Å². The maximum atomic E-state index is 12.3. The molecule has 174 valence electrons. The lowest BCUT2D eigenvalue weighted by Crippen LogP contribution is -2.10. The molecule has 2 N–H and O–H groups in total. The van der Waals surface area contributed by atoms with Crippen molar-refractivity contribution in [1.82, 2.24) is 0 Å². The lowest BCUT2D eigenvalue weighted by Gasteiger charge is -2.05. The van der Waals surface area contributed by atoms with Crippen molar-refractivity contribution in [3.63, 3.8) is 0 Å². The fourth-order valence-electron chi connectivity index (χ4n) is 3.34. The van der Waals surface area contributed by atoms with E-state index in [1.165, 1.54) is 0 Å². The summed E-state index contributed by atoms with van der Waals surface area (Å²) in [6, 6.07) is 14.4. The van der Waals surface area contributed by atoms with Crippen LogP contribution in [0.2, 0.25) is 0 Å². The van der Waals surface area contributed by atoms with Crippen molar-refractivity contribution >= 4 is 21.9 Å². The Morgan fingerprint density at radius 3 is 1.55 bits per heavy atom. The van der Waals surface area contributed by atoms with Crippen molar-refractivity contribution in [3.05, 3.63) is 80.5 Å². The van der Waals surface area contributed by atoms with Gasteiger partial charge in [-0.15, -0.1) is 0 Å². The summed E-state index contributed by atoms with van der Waals surface area (Å²) in [6.45, 7) is 2.43. The minimum Gasteiger partial charge on any atom is -0.497 e. The monoisotopic (exact) mass is 453 g/mol. The molecule has 0 radical (unpaired) electrons. The van der Waals surface area contributed by atoms with Crippen LogP contribution in [0.1, 0.15) is 24.5 Å². The van der Waals surface area contributed by atoms with E-state index in [1.807, 2.05) is 43.3 Å². The highest BCUT2D eigenvalue weighted by molar-refractivity contribution is 5.79. The largest absolute Gasteiger partial charge is 0.497 e. The summed E-state index contributed by atoms with van der Waals surface area (Å²) in [5.41, 5.74) is 1.40. The maximum Gasteiger partial charge on any atom is 0.339 e. The molecule has 0 spiro atoms. The Balaban J connectivity index is 0.000000709. The molecule has 0 fully saturated rings. The van der Waals surface area contributed by atoms with Gasteiger partial charge in [-0.3, -0.25) is 0 Å². The molecule has 2 aromatic carbocycles. The molecule has 0 atom stereocenters. The molecule has 0 aliphatic rings. The van der Waals surface area contributed by atoms with Gasteiger partial charge in [0.05, 0.1) is 20.8 Å². The number of ether oxygens (including phenoxy) is 2. The quantitative estimate of drug-likeness (QED) is 0.330. The van der Waals surface area contributed by atoms with E-state index in [2.05, 4.69) is 10.7 Å². The summed E-state index contributed by atoms with van der Waals surface area (Å²) in [6.07, 6.45) is 1.63. The molecule has 2 aromatic heterocycles. The minimum atomic E-state index is -0.372. The normalized spacial score (nSPS) is 10.7. The summed E-state index contributed by atoms with van der Waals surface area (Å²) in [4.78, 5) is 28.6. The Bertz CT molecular complexity index is 1240. The zero-order valence-corrected chi connectivity index (χ0v) is 18.9. The van der Waals surface area contributed by atoms with Crippen molar-refractivity contribution in [1.29, 1.82) is 0 Å². The van der Waals surface area contributed by atoms with Crippen molar-refractivity contribution in [3.8, 4) is 11.5 Å². The summed E-state index contributed by atoms with van der Waals surface area (Å²) in [7, 11) is 3.13. The predicted octanol–water partition coefficient (Wildman–Crippen LogP) is 3.99. The number of methoxy groups -OCH3 is 2. The third-order valence-electron chi connectivity index (χ3n) is 5.09. The van der Waals surface area contributed by atoms with Crippen molar-refractivity contribution in [2.75, 3.05) is 20.8 Å². The van der Waals surface area contributed by atoms with E-state index >= 15 is 0 Å². The molecular weight excluding hydrogens is 426 g/mol. The molecule has 0 bridgehead atoms. The molecular formula is C25H27NO7. The molecule has 8 heteroatoms. The van der Waals surface area contributed by atoms with Crippen molar-refractivity contribution in [2.24, 2.45) is 5.90 Å². The Kier molecular flexibility index (Phi) is 8.23. The standard InChI is InChI=1S/C23H20O6.C2H7NO/c1-26-18-8-6-14-10-16(22(24)28-20(14)12-18)4-3-5-17-11-15-7-9-19(27-2)13-21(15)29-23(17)25;1-2-4-3/h6-13H,3-5H2,1-2H3;2-3H2,1H3. The first-order valence-corrected chi connectivity index (χ1v) is 10.5. The summed E-state index contributed by atoms with van der Waals surface area (Å²) >= 11 is 0. The van der Waals surface area contributed by atoms with Gasteiger partial charge in [-0.05, 0) is 62.6 Å². The van der Waals surface area contributed by atoms with Crippen LogP contribution in [0.15, 0.2) is 67.0 Å². The zero-order valence-electron chi connectivity index (χ0n) is 18.9. The lowest BCUT2D eigenvalue weighted by atomic mass is 10.0. The van der Waals surface area contributed by atoms with Crippen LogP contribution in [-0.4, -0.2) is 20.8 Å². The number of nitrogens with two attached hydrogens (primary N) is 1. The van der Waals surface area contributed by atoms with Gasteiger partial charge in [-0.1, -0.05) is 0 Å². The molecule has 0 aliphatic heterocycles. The number of hydrogen-bond acceptors (Lipinski definition) is 8. The SMILES string of the molecule is CCON.COc1ccc2cc(CCCc3cc4ccc(OC)cc4oc3=O)c(=O)oc2c1. The molecule has 0 saturated heterocycles. The van der Waals surface area contributed by atoms with Gasteiger partial charge < -0.3 is 23.1 Å². The first-order valence-electron chi connectivity index (χ1n) is 10.5.